The summed E-state index contributed by atoms with van der Waals surface area (Å²) in [7, 11) is 0. The minimum Gasteiger partial charge on any atom is -0.382 e. The standard InChI is InChI=1S/C19H15BrN6O/c1-11-6-7-22-14(10-11)24-18(27)13-4-2-12(3-5-13)15-16-17(21)23-8-9-26(16)19(20)25-15/h2-10H,1H3,(H2,21,23)(H,22,24,27). The first-order valence-corrected chi connectivity index (χ1v) is 8.95. The van der Waals surface area contributed by atoms with Crippen molar-refractivity contribution in [3.05, 3.63) is 70.8 Å². The predicted molar refractivity (Wildman–Crippen MR) is 107 cm³/mol. The van der Waals surface area contributed by atoms with Gasteiger partial charge in [-0.2, -0.15) is 0 Å². The van der Waals surface area contributed by atoms with Gasteiger partial charge >= 0.3 is 0 Å². The fraction of sp³-hybridized carbons (Fsp3) is 0.0526. The molecule has 0 aliphatic rings. The van der Waals surface area contributed by atoms with Crippen LogP contribution in [-0.4, -0.2) is 25.3 Å². The molecule has 7 nitrogen and oxygen atoms in total. The summed E-state index contributed by atoms with van der Waals surface area (Å²) in [6.45, 7) is 1.94. The minimum absolute atomic E-state index is 0.225. The number of anilines is 2. The van der Waals surface area contributed by atoms with Crippen molar-refractivity contribution in [2.45, 2.75) is 6.92 Å². The van der Waals surface area contributed by atoms with Gasteiger partial charge in [-0.1, -0.05) is 12.1 Å². The maximum atomic E-state index is 12.4. The molecule has 0 aliphatic heterocycles. The summed E-state index contributed by atoms with van der Waals surface area (Å²) in [4.78, 5) is 25.2. The van der Waals surface area contributed by atoms with E-state index >= 15 is 0 Å². The van der Waals surface area contributed by atoms with Crippen LogP contribution < -0.4 is 11.1 Å². The first-order chi connectivity index (χ1) is 13.0. The number of imidazole rings is 1. The third kappa shape index (κ3) is 3.26. The number of nitrogen functional groups attached to an aromatic ring is 1. The van der Waals surface area contributed by atoms with E-state index in [0.717, 1.165) is 11.1 Å². The molecule has 1 amide bonds. The Morgan fingerprint density at radius 1 is 1.15 bits per heavy atom. The smallest absolute Gasteiger partial charge is 0.256 e. The second-order valence-corrected chi connectivity index (χ2v) is 6.72. The Morgan fingerprint density at radius 3 is 2.67 bits per heavy atom. The van der Waals surface area contributed by atoms with Gasteiger partial charge in [0.1, 0.15) is 22.8 Å². The van der Waals surface area contributed by atoms with Gasteiger partial charge in [0.2, 0.25) is 0 Å². The molecule has 0 saturated carbocycles. The van der Waals surface area contributed by atoms with E-state index in [1.165, 1.54) is 0 Å². The lowest BCUT2D eigenvalue weighted by Gasteiger charge is -2.06. The van der Waals surface area contributed by atoms with Gasteiger partial charge in [0.05, 0.1) is 0 Å². The van der Waals surface area contributed by atoms with Crippen molar-refractivity contribution in [3.8, 4) is 11.3 Å². The quantitative estimate of drug-likeness (QED) is 0.524. The van der Waals surface area contributed by atoms with E-state index in [1.807, 2.05) is 35.6 Å². The zero-order chi connectivity index (χ0) is 19.0. The molecule has 0 atom stereocenters. The highest BCUT2D eigenvalue weighted by atomic mass is 79.9. The van der Waals surface area contributed by atoms with Gasteiger partial charge in [-0.3, -0.25) is 9.20 Å². The molecule has 3 heterocycles. The molecule has 0 spiro atoms. The summed E-state index contributed by atoms with van der Waals surface area (Å²) < 4.78 is 2.45. The number of pyridine rings is 1. The van der Waals surface area contributed by atoms with E-state index in [0.29, 0.717) is 33.1 Å². The molecular formula is C19H15BrN6O. The monoisotopic (exact) mass is 422 g/mol. The molecule has 0 aliphatic carbocycles. The molecule has 0 fully saturated rings. The molecule has 0 bridgehead atoms. The van der Waals surface area contributed by atoms with Crippen molar-refractivity contribution in [1.29, 1.82) is 0 Å². The van der Waals surface area contributed by atoms with Gasteiger partial charge in [-0.05, 0) is 52.7 Å². The van der Waals surface area contributed by atoms with E-state index in [-0.39, 0.29) is 5.91 Å². The number of aromatic nitrogens is 4. The fourth-order valence-corrected chi connectivity index (χ4v) is 3.27. The number of carbonyl (C=O) groups excluding carboxylic acids is 1. The van der Waals surface area contributed by atoms with Crippen molar-refractivity contribution in [2.75, 3.05) is 11.1 Å². The summed E-state index contributed by atoms with van der Waals surface area (Å²) in [6, 6.07) is 10.8. The highest BCUT2D eigenvalue weighted by Gasteiger charge is 2.15. The van der Waals surface area contributed by atoms with E-state index in [2.05, 4.69) is 36.2 Å². The first kappa shape index (κ1) is 17.2. The lowest BCUT2D eigenvalue weighted by atomic mass is 10.1. The number of nitrogens with one attached hydrogen (secondary N) is 1. The van der Waals surface area contributed by atoms with Gasteiger partial charge in [0.15, 0.2) is 4.73 Å². The van der Waals surface area contributed by atoms with Crippen LogP contribution in [0.2, 0.25) is 0 Å². The zero-order valence-electron chi connectivity index (χ0n) is 14.3. The van der Waals surface area contributed by atoms with Crippen molar-refractivity contribution < 1.29 is 4.79 Å². The van der Waals surface area contributed by atoms with E-state index < -0.39 is 0 Å². The molecule has 8 heteroatoms. The maximum absolute atomic E-state index is 12.4. The van der Waals surface area contributed by atoms with E-state index in [4.69, 9.17) is 5.73 Å². The molecule has 0 radical (unpaired) electrons. The molecule has 4 aromatic rings. The van der Waals surface area contributed by atoms with E-state index in [1.54, 1.807) is 30.7 Å². The van der Waals surface area contributed by atoms with Crippen LogP contribution in [0.25, 0.3) is 16.8 Å². The Kier molecular flexibility index (Phi) is 4.33. The summed E-state index contributed by atoms with van der Waals surface area (Å²) in [5.74, 6) is 0.682. The third-order valence-electron chi connectivity index (χ3n) is 4.12. The van der Waals surface area contributed by atoms with Gasteiger partial charge in [0, 0.05) is 29.7 Å². The Balaban J connectivity index is 1.64. The highest BCUT2D eigenvalue weighted by Crippen LogP contribution is 2.30. The number of carbonyl (C=O) groups is 1. The number of hydrogen-bond donors (Lipinski definition) is 2. The lowest BCUT2D eigenvalue weighted by Crippen LogP contribution is -2.12. The van der Waals surface area contributed by atoms with Crippen LogP contribution in [0.3, 0.4) is 0 Å². The topological polar surface area (TPSA) is 98.2 Å². The molecule has 0 unspecified atom stereocenters. The van der Waals surface area contributed by atoms with Crippen LogP contribution in [0.1, 0.15) is 15.9 Å². The van der Waals surface area contributed by atoms with Crippen LogP contribution in [0.5, 0.6) is 0 Å². The Hall–Kier alpha value is -3.26. The zero-order valence-corrected chi connectivity index (χ0v) is 15.9. The van der Waals surface area contributed by atoms with Crippen LogP contribution in [0, 0.1) is 6.92 Å². The lowest BCUT2D eigenvalue weighted by molar-refractivity contribution is 0.102. The second-order valence-electron chi connectivity index (χ2n) is 6.01. The van der Waals surface area contributed by atoms with Crippen molar-refractivity contribution in [3.63, 3.8) is 0 Å². The number of amides is 1. The summed E-state index contributed by atoms with van der Waals surface area (Å²) in [5, 5.41) is 2.79. The van der Waals surface area contributed by atoms with Gasteiger partial charge in [0.25, 0.3) is 5.91 Å². The van der Waals surface area contributed by atoms with Crippen LogP contribution >= 0.6 is 15.9 Å². The van der Waals surface area contributed by atoms with Crippen molar-refractivity contribution in [1.82, 2.24) is 19.4 Å². The number of fused-ring (bicyclic) bond motifs is 1. The Bertz CT molecular complexity index is 1150. The Labute approximate surface area is 163 Å². The average molecular weight is 423 g/mol. The predicted octanol–water partition coefficient (Wildman–Crippen LogP) is 3.70. The second kappa shape index (κ2) is 6.81. The maximum Gasteiger partial charge on any atom is 0.256 e. The molecule has 0 saturated heterocycles. The van der Waals surface area contributed by atoms with Gasteiger partial charge < -0.3 is 11.1 Å². The number of hydrogen-bond acceptors (Lipinski definition) is 5. The van der Waals surface area contributed by atoms with Crippen molar-refractivity contribution in [2.24, 2.45) is 0 Å². The van der Waals surface area contributed by atoms with Gasteiger partial charge in [-0.25, -0.2) is 15.0 Å². The third-order valence-corrected chi connectivity index (χ3v) is 4.68. The molecule has 1 aromatic carbocycles. The van der Waals surface area contributed by atoms with Crippen molar-refractivity contribution >= 4 is 39.0 Å². The number of benzene rings is 1. The first-order valence-electron chi connectivity index (χ1n) is 8.15. The van der Waals surface area contributed by atoms with Crippen LogP contribution in [0.4, 0.5) is 11.6 Å². The molecule has 3 N–H and O–H groups in total. The molecule has 27 heavy (non-hydrogen) atoms. The van der Waals surface area contributed by atoms with E-state index in [9.17, 15) is 4.79 Å². The number of nitrogens with two attached hydrogens (primary N) is 1. The molecule has 4 rings (SSSR count). The highest BCUT2D eigenvalue weighted by molar-refractivity contribution is 9.10. The minimum atomic E-state index is -0.225. The Morgan fingerprint density at radius 2 is 1.93 bits per heavy atom. The fourth-order valence-electron chi connectivity index (χ4n) is 2.80. The van der Waals surface area contributed by atoms with Crippen LogP contribution in [0.15, 0.2) is 59.7 Å². The number of halogens is 1. The summed E-state index contributed by atoms with van der Waals surface area (Å²) in [6.07, 6.45) is 5.06. The number of nitrogens with zero attached hydrogens (tertiary/aromatic N) is 4. The SMILES string of the molecule is Cc1ccnc(NC(=O)c2ccc(-c3nc(Br)n4ccnc(N)c34)cc2)c1. The largest absolute Gasteiger partial charge is 0.382 e. The molecule has 3 aromatic heterocycles. The summed E-state index contributed by atoms with van der Waals surface area (Å²) in [5.41, 5.74) is 9.81. The average Bonchev–Trinajstić information content (AvgIpc) is 3.00. The number of rotatable bonds is 3. The molecule has 134 valence electrons. The normalized spacial score (nSPS) is 10.9. The van der Waals surface area contributed by atoms with Crippen LogP contribution in [-0.2, 0) is 0 Å². The number of aryl methyl sites for hydroxylation is 1. The van der Waals surface area contributed by atoms with Gasteiger partial charge in [-0.15, -0.1) is 0 Å². The molecular weight excluding hydrogens is 408 g/mol. The summed E-state index contributed by atoms with van der Waals surface area (Å²) >= 11 is 3.43.